The van der Waals surface area contributed by atoms with Gasteiger partial charge in [-0.2, -0.15) is 0 Å². The first-order valence-corrected chi connectivity index (χ1v) is 9.53. The highest BCUT2D eigenvalue weighted by Gasteiger charge is 2.21. The predicted molar refractivity (Wildman–Crippen MR) is 116 cm³/mol. The number of para-hydroxylation sites is 1. The van der Waals surface area contributed by atoms with Gasteiger partial charge in [-0.05, 0) is 48.2 Å². The Morgan fingerprint density at radius 3 is 1.50 bits per heavy atom. The molecule has 0 atom stereocenters. The number of rotatable bonds is 5. The summed E-state index contributed by atoms with van der Waals surface area (Å²) in [5, 5.41) is 33.7. The van der Waals surface area contributed by atoms with Gasteiger partial charge < -0.3 is 0 Å². The molecule has 0 saturated heterocycles. The molecule has 0 spiro atoms. The number of anilines is 1. The molecule has 3 aromatic carbocycles. The molecule has 148 valence electrons. The van der Waals surface area contributed by atoms with Crippen molar-refractivity contribution in [2.24, 2.45) is 10.2 Å². The van der Waals surface area contributed by atoms with E-state index < -0.39 is 9.85 Å². The van der Waals surface area contributed by atoms with Gasteiger partial charge >= 0.3 is 0 Å². The third-order valence-electron chi connectivity index (χ3n) is 4.20. The second kappa shape index (κ2) is 8.13. The molecular weight excluding hydrogens is 406 g/mol. The topological polar surface area (TPSA) is 114 Å². The summed E-state index contributed by atoms with van der Waals surface area (Å²) in [5.74, 6) is 0. The van der Waals surface area contributed by atoms with E-state index in [0.29, 0.717) is 21.2 Å². The quantitative estimate of drug-likeness (QED) is 0.434. The Hall–Kier alpha value is -4.05. The molecule has 1 aliphatic rings. The van der Waals surface area contributed by atoms with Crippen molar-refractivity contribution in [3.05, 3.63) is 110 Å². The van der Waals surface area contributed by atoms with E-state index in [2.05, 4.69) is 10.2 Å². The van der Waals surface area contributed by atoms with Crippen molar-refractivity contribution in [2.45, 2.75) is 0 Å². The molecule has 30 heavy (non-hydrogen) atoms. The first-order valence-electron chi connectivity index (χ1n) is 8.71. The molecule has 0 fully saturated rings. The molecule has 9 nitrogen and oxygen atoms in total. The number of nitro groups is 2. The fourth-order valence-electron chi connectivity index (χ4n) is 2.69. The normalized spacial score (nSPS) is 13.4. The molecule has 0 unspecified atom stereocenters. The summed E-state index contributed by atoms with van der Waals surface area (Å²) in [4.78, 5) is 20.9. The van der Waals surface area contributed by atoms with Gasteiger partial charge in [-0.3, -0.25) is 20.2 Å². The van der Waals surface area contributed by atoms with E-state index in [9.17, 15) is 20.2 Å². The molecule has 0 radical (unpaired) electrons. The average molecular weight is 419 g/mol. The van der Waals surface area contributed by atoms with E-state index in [1.165, 1.54) is 41.1 Å². The molecule has 0 bridgehead atoms. The van der Waals surface area contributed by atoms with Crippen LogP contribution < -0.4 is 5.12 Å². The lowest BCUT2D eigenvalue weighted by Gasteiger charge is -2.22. The van der Waals surface area contributed by atoms with Gasteiger partial charge in [-0.25, -0.2) is 0 Å². The maximum atomic E-state index is 10.9. The Kier molecular flexibility index (Phi) is 5.22. The maximum absolute atomic E-state index is 10.9. The van der Waals surface area contributed by atoms with E-state index >= 15 is 0 Å². The number of hydrogen-bond donors (Lipinski definition) is 0. The molecule has 0 saturated carbocycles. The standard InChI is InChI=1S/C20H13N5O4S/c26-24(27)17-10-6-14(7-11-17)19-21-23(16-4-2-1-3-5-16)22-20(30-19)15-8-12-18(13-9-15)25(28)29/h1-13H. The Morgan fingerprint density at radius 2 is 1.10 bits per heavy atom. The Balaban J connectivity index is 1.73. The van der Waals surface area contributed by atoms with Crippen molar-refractivity contribution in [1.29, 1.82) is 0 Å². The van der Waals surface area contributed by atoms with E-state index in [4.69, 9.17) is 0 Å². The van der Waals surface area contributed by atoms with Crippen molar-refractivity contribution in [2.75, 3.05) is 5.12 Å². The number of benzene rings is 3. The smallest absolute Gasteiger partial charge is 0.258 e. The highest BCUT2D eigenvalue weighted by Crippen LogP contribution is 2.29. The van der Waals surface area contributed by atoms with Crippen molar-refractivity contribution in [1.82, 2.24) is 0 Å². The third-order valence-corrected chi connectivity index (χ3v) is 5.22. The van der Waals surface area contributed by atoms with Crippen molar-refractivity contribution in [3.8, 4) is 0 Å². The zero-order valence-electron chi connectivity index (χ0n) is 15.3. The van der Waals surface area contributed by atoms with Crippen LogP contribution in [0.25, 0.3) is 0 Å². The number of hydrazone groups is 2. The van der Waals surface area contributed by atoms with E-state index in [1.807, 2.05) is 30.3 Å². The summed E-state index contributed by atoms with van der Waals surface area (Å²) >= 11 is 1.28. The molecule has 0 amide bonds. The molecule has 3 aromatic rings. The van der Waals surface area contributed by atoms with Crippen LogP contribution in [-0.4, -0.2) is 19.9 Å². The third kappa shape index (κ3) is 4.03. The number of nitro benzene ring substituents is 2. The molecular formula is C20H13N5O4S. The predicted octanol–water partition coefficient (Wildman–Crippen LogP) is 4.78. The van der Waals surface area contributed by atoms with Crippen LogP contribution >= 0.6 is 11.8 Å². The molecule has 4 rings (SSSR count). The molecule has 0 N–H and O–H groups in total. The van der Waals surface area contributed by atoms with Crippen molar-refractivity contribution < 1.29 is 9.85 Å². The van der Waals surface area contributed by atoms with E-state index in [0.717, 1.165) is 5.69 Å². The zero-order chi connectivity index (χ0) is 21.1. The number of thioether (sulfide) groups is 1. The van der Waals surface area contributed by atoms with Crippen LogP contribution in [0.2, 0.25) is 0 Å². The van der Waals surface area contributed by atoms with Crippen LogP contribution in [0, 0.1) is 20.2 Å². The number of hydrogen-bond acceptors (Lipinski definition) is 8. The van der Waals surface area contributed by atoms with Crippen molar-refractivity contribution >= 4 is 38.9 Å². The minimum atomic E-state index is -0.459. The van der Waals surface area contributed by atoms with Crippen LogP contribution in [-0.2, 0) is 0 Å². The number of non-ortho nitro benzene ring substituents is 2. The summed E-state index contributed by atoms with van der Waals surface area (Å²) < 4.78 is 0. The fourth-order valence-corrected chi connectivity index (χ4v) is 3.62. The Labute approximate surface area is 174 Å². The lowest BCUT2D eigenvalue weighted by molar-refractivity contribution is -0.385. The first kappa shape index (κ1) is 19.3. The van der Waals surface area contributed by atoms with Crippen LogP contribution in [0.15, 0.2) is 89.1 Å². The monoisotopic (exact) mass is 419 g/mol. The van der Waals surface area contributed by atoms with Crippen LogP contribution in [0.4, 0.5) is 17.1 Å². The van der Waals surface area contributed by atoms with Crippen molar-refractivity contribution in [3.63, 3.8) is 0 Å². The van der Waals surface area contributed by atoms with Crippen LogP contribution in [0.3, 0.4) is 0 Å². The van der Waals surface area contributed by atoms with Gasteiger partial charge in [0.05, 0.1) is 15.5 Å². The summed E-state index contributed by atoms with van der Waals surface area (Å²) in [6, 6.07) is 21.5. The molecule has 10 heteroatoms. The summed E-state index contributed by atoms with van der Waals surface area (Å²) in [7, 11) is 0. The zero-order valence-corrected chi connectivity index (χ0v) is 16.1. The van der Waals surface area contributed by atoms with Gasteiger partial charge in [-0.15, -0.1) is 15.3 Å². The lowest BCUT2D eigenvalue weighted by Crippen LogP contribution is -2.20. The van der Waals surface area contributed by atoms with Gasteiger partial charge in [0.1, 0.15) is 10.1 Å². The Bertz CT molecular complexity index is 1090. The molecule has 1 aliphatic heterocycles. The summed E-state index contributed by atoms with van der Waals surface area (Å²) in [6.07, 6.45) is 0. The summed E-state index contributed by atoms with van der Waals surface area (Å²) in [5.41, 5.74) is 2.10. The van der Waals surface area contributed by atoms with E-state index in [-0.39, 0.29) is 11.4 Å². The van der Waals surface area contributed by atoms with E-state index in [1.54, 1.807) is 24.3 Å². The lowest BCUT2D eigenvalue weighted by atomic mass is 10.2. The van der Waals surface area contributed by atoms with Gasteiger partial charge in [0.15, 0.2) is 0 Å². The average Bonchev–Trinajstić information content (AvgIpc) is 2.79. The SMILES string of the molecule is O=[N+]([O-])c1ccc(C2=NN(c3ccccc3)N=C(c3ccc([N+](=O)[O-])cc3)S2)cc1. The Morgan fingerprint density at radius 1 is 0.667 bits per heavy atom. The summed E-state index contributed by atoms with van der Waals surface area (Å²) in [6.45, 7) is 0. The molecule has 1 heterocycles. The molecule has 0 aromatic heterocycles. The van der Waals surface area contributed by atoms with Gasteiger partial charge in [-0.1, -0.05) is 18.2 Å². The second-order valence-electron chi connectivity index (χ2n) is 6.15. The minimum absolute atomic E-state index is 0.00988. The highest BCUT2D eigenvalue weighted by molar-refractivity contribution is 8.27. The van der Waals surface area contributed by atoms with Crippen LogP contribution in [0.1, 0.15) is 11.1 Å². The van der Waals surface area contributed by atoms with Gasteiger partial charge in [0, 0.05) is 35.4 Å². The second-order valence-corrected chi connectivity index (χ2v) is 7.12. The van der Waals surface area contributed by atoms with Gasteiger partial charge in [0.2, 0.25) is 0 Å². The van der Waals surface area contributed by atoms with Crippen LogP contribution in [0.5, 0.6) is 0 Å². The number of nitrogens with zero attached hydrogens (tertiary/aromatic N) is 5. The minimum Gasteiger partial charge on any atom is -0.258 e. The fraction of sp³-hybridized carbons (Fsp3) is 0. The first-order chi connectivity index (χ1) is 14.5. The van der Waals surface area contributed by atoms with Gasteiger partial charge in [0.25, 0.3) is 11.4 Å². The molecule has 0 aliphatic carbocycles. The maximum Gasteiger partial charge on any atom is 0.269 e. The largest absolute Gasteiger partial charge is 0.269 e. The highest BCUT2D eigenvalue weighted by atomic mass is 32.2.